The summed E-state index contributed by atoms with van der Waals surface area (Å²) in [6.45, 7) is 6.62. The summed E-state index contributed by atoms with van der Waals surface area (Å²) in [5.41, 5.74) is 6.85. The zero-order chi connectivity index (χ0) is 27.5. The highest BCUT2D eigenvalue weighted by Gasteiger charge is 2.41. The summed E-state index contributed by atoms with van der Waals surface area (Å²) in [5.74, 6) is -0.330. The van der Waals surface area contributed by atoms with Crippen molar-refractivity contribution >= 4 is 28.9 Å². The molecule has 0 radical (unpaired) electrons. The van der Waals surface area contributed by atoms with Crippen LogP contribution in [0, 0.1) is 19.7 Å². The predicted molar refractivity (Wildman–Crippen MR) is 156 cm³/mol. The number of hydrogen-bond donors (Lipinski definition) is 2. The minimum absolute atomic E-state index is 0.0597. The molecule has 0 bridgehead atoms. The lowest BCUT2D eigenvalue weighted by atomic mass is 9.96. The van der Waals surface area contributed by atoms with E-state index in [1.807, 2.05) is 49.4 Å². The molecule has 2 aromatic carbocycles. The first-order valence-corrected chi connectivity index (χ1v) is 13.6. The molecule has 0 saturated carbocycles. The smallest absolute Gasteiger partial charge is 0.226 e. The number of aryl methyl sites for hydroxylation is 2. The summed E-state index contributed by atoms with van der Waals surface area (Å²) in [6.07, 6.45) is 2.90. The summed E-state index contributed by atoms with van der Waals surface area (Å²) in [4.78, 5) is 19.7. The lowest BCUT2D eigenvalue weighted by Crippen LogP contribution is -2.33. The third-order valence-electron chi connectivity index (χ3n) is 7.32. The molecule has 1 saturated heterocycles. The fourth-order valence-corrected chi connectivity index (χ4v) is 5.78. The number of rotatable bonds is 8. The highest BCUT2D eigenvalue weighted by Crippen LogP contribution is 2.41. The lowest BCUT2D eigenvalue weighted by molar-refractivity contribution is -0.116. The first kappa shape index (κ1) is 26.6. The summed E-state index contributed by atoms with van der Waals surface area (Å²) in [5, 5.41) is 7.13. The number of carbonyl (C=O) groups excluding carboxylic acids is 1. The minimum Gasteiger partial charge on any atom is -0.352 e. The monoisotopic (exact) mass is 541 g/mol. The van der Waals surface area contributed by atoms with Crippen LogP contribution in [0.2, 0.25) is 0 Å². The van der Waals surface area contributed by atoms with E-state index < -0.39 is 0 Å². The van der Waals surface area contributed by atoms with Crippen LogP contribution < -0.4 is 10.6 Å². The van der Waals surface area contributed by atoms with E-state index in [0.717, 1.165) is 46.0 Å². The quantitative estimate of drug-likeness (QED) is 0.261. The molecule has 8 heteroatoms. The molecule has 39 heavy (non-hydrogen) atoms. The third kappa shape index (κ3) is 5.43. The zero-order valence-corrected chi connectivity index (χ0v) is 23.1. The molecule has 0 aliphatic carbocycles. The minimum atomic E-state index is -0.270. The number of pyridine rings is 1. The number of thiocarbonyl (C=S) groups is 1. The Morgan fingerprint density at radius 3 is 2.54 bits per heavy atom. The van der Waals surface area contributed by atoms with Crippen LogP contribution in [0.5, 0.6) is 0 Å². The van der Waals surface area contributed by atoms with Crippen LogP contribution in [-0.4, -0.2) is 32.0 Å². The fraction of sp³-hybridized carbons (Fsp3) is 0.258. The number of benzene rings is 2. The van der Waals surface area contributed by atoms with Crippen molar-refractivity contribution < 1.29 is 9.18 Å². The maximum atomic E-state index is 13.6. The standard InChI is InChI=1S/C31H32FN5OS/c1-4-22-9-5-6-10-26(22)34-28(38)16-18-36-30(29(35-31(36)39)27-11-7-8-17-33-27)25-19-20(2)37(21(25)3)24-14-12-23(32)13-15-24/h5-15,17,19,29-30H,4,16,18H2,1-3H3,(H,34,38)(H,35,39). The van der Waals surface area contributed by atoms with E-state index in [9.17, 15) is 9.18 Å². The molecule has 2 N–H and O–H groups in total. The molecule has 2 atom stereocenters. The van der Waals surface area contributed by atoms with Gasteiger partial charge >= 0.3 is 0 Å². The Hall–Kier alpha value is -4.04. The highest BCUT2D eigenvalue weighted by atomic mass is 32.1. The number of para-hydroxylation sites is 1. The molecule has 200 valence electrons. The van der Waals surface area contributed by atoms with Gasteiger partial charge in [-0.3, -0.25) is 9.78 Å². The molecule has 0 spiro atoms. The Labute approximate surface area is 233 Å². The first-order chi connectivity index (χ1) is 18.9. The van der Waals surface area contributed by atoms with Gasteiger partial charge in [-0.25, -0.2) is 4.39 Å². The number of nitrogens with zero attached hydrogens (tertiary/aromatic N) is 3. The van der Waals surface area contributed by atoms with Gasteiger partial charge in [0.25, 0.3) is 0 Å². The van der Waals surface area contributed by atoms with E-state index >= 15 is 0 Å². The highest BCUT2D eigenvalue weighted by molar-refractivity contribution is 7.80. The third-order valence-corrected chi connectivity index (χ3v) is 7.68. The molecular weight excluding hydrogens is 509 g/mol. The van der Waals surface area contributed by atoms with Crippen LogP contribution in [0.25, 0.3) is 5.69 Å². The number of carbonyl (C=O) groups is 1. The second-order valence-corrected chi connectivity index (χ2v) is 10.2. The molecular formula is C31H32FN5OS. The Kier molecular flexibility index (Phi) is 7.74. The van der Waals surface area contributed by atoms with Crippen molar-refractivity contribution in [3.8, 4) is 5.69 Å². The number of anilines is 1. The van der Waals surface area contributed by atoms with Gasteiger partial charge in [0, 0.05) is 41.9 Å². The molecule has 5 rings (SSSR count). The van der Waals surface area contributed by atoms with Crippen molar-refractivity contribution in [3.05, 3.63) is 113 Å². The van der Waals surface area contributed by atoms with Crippen molar-refractivity contribution in [2.24, 2.45) is 0 Å². The molecule has 2 unspecified atom stereocenters. The van der Waals surface area contributed by atoms with Crippen molar-refractivity contribution in [2.75, 3.05) is 11.9 Å². The molecule has 1 aliphatic rings. The average molecular weight is 542 g/mol. The molecule has 1 fully saturated rings. The molecule has 3 heterocycles. The van der Waals surface area contributed by atoms with Crippen molar-refractivity contribution in [1.82, 2.24) is 19.8 Å². The fourth-order valence-electron chi connectivity index (χ4n) is 5.44. The van der Waals surface area contributed by atoms with E-state index in [4.69, 9.17) is 12.2 Å². The first-order valence-electron chi connectivity index (χ1n) is 13.2. The van der Waals surface area contributed by atoms with Crippen LogP contribution in [0.15, 0.2) is 79.0 Å². The average Bonchev–Trinajstić information content (AvgIpc) is 3.43. The van der Waals surface area contributed by atoms with E-state index in [2.05, 4.69) is 45.0 Å². The van der Waals surface area contributed by atoms with Gasteiger partial charge in [0.15, 0.2) is 5.11 Å². The Balaban J connectivity index is 1.46. The van der Waals surface area contributed by atoms with Gasteiger partial charge in [-0.2, -0.15) is 0 Å². The van der Waals surface area contributed by atoms with Crippen LogP contribution in [-0.2, 0) is 11.2 Å². The Morgan fingerprint density at radius 2 is 1.82 bits per heavy atom. The second kappa shape index (κ2) is 11.4. The normalized spacial score (nSPS) is 16.8. The summed E-state index contributed by atoms with van der Waals surface area (Å²) < 4.78 is 15.8. The van der Waals surface area contributed by atoms with Gasteiger partial charge in [0.1, 0.15) is 5.82 Å². The summed E-state index contributed by atoms with van der Waals surface area (Å²) >= 11 is 5.81. The summed E-state index contributed by atoms with van der Waals surface area (Å²) in [6, 6.07) is 22.0. The maximum Gasteiger partial charge on any atom is 0.226 e. The van der Waals surface area contributed by atoms with Crippen LogP contribution >= 0.6 is 12.2 Å². The van der Waals surface area contributed by atoms with Crippen molar-refractivity contribution in [2.45, 2.75) is 45.7 Å². The van der Waals surface area contributed by atoms with Gasteiger partial charge in [-0.05, 0) is 92.1 Å². The Morgan fingerprint density at radius 1 is 1.08 bits per heavy atom. The van der Waals surface area contributed by atoms with E-state index in [0.29, 0.717) is 11.7 Å². The van der Waals surface area contributed by atoms with Crippen LogP contribution in [0.3, 0.4) is 0 Å². The van der Waals surface area contributed by atoms with Gasteiger partial charge in [-0.1, -0.05) is 31.2 Å². The second-order valence-electron chi connectivity index (χ2n) is 9.77. The Bertz CT molecular complexity index is 1480. The number of halogens is 1. The van der Waals surface area contributed by atoms with Gasteiger partial charge in [-0.15, -0.1) is 0 Å². The molecule has 4 aromatic rings. The van der Waals surface area contributed by atoms with Gasteiger partial charge < -0.3 is 20.1 Å². The molecule has 6 nitrogen and oxygen atoms in total. The number of hydrogen-bond acceptors (Lipinski definition) is 3. The lowest BCUT2D eigenvalue weighted by Gasteiger charge is -2.28. The van der Waals surface area contributed by atoms with Gasteiger partial charge in [0.2, 0.25) is 5.91 Å². The van der Waals surface area contributed by atoms with Crippen LogP contribution in [0.1, 0.15) is 53.6 Å². The van der Waals surface area contributed by atoms with E-state index in [-0.39, 0.29) is 30.2 Å². The van der Waals surface area contributed by atoms with Crippen LogP contribution in [0.4, 0.5) is 10.1 Å². The number of amides is 1. The molecule has 1 aliphatic heterocycles. The SMILES string of the molecule is CCc1ccccc1NC(=O)CCN1C(=S)NC(c2ccccn2)C1c1cc(C)n(-c2ccc(F)cc2)c1C. The van der Waals surface area contributed by atoms with Crippen molar-refractivity contribution in [1.29, 1.82) is 0 Å². The zero-order valence-electron chi connectivity index (χ0n) is 22.3. The molecule has 1 amide bonds. The maximum absolute atomic E-state index is 13.6. The van der Waals surface area contributed by atoms with Crippen molar-refractivity contribution in [3.63, 3.8) is 0 Å². The largest absolute Gasteiger partial charge is 0.352 e. The van der Waals surface area contributed by atoms with E-state index in [1.54, 1.807) is 18.3 Å². The van der Waals surface area contributed by atoms with Gasteiger partial charge in [0.05, 0.1) is 17.8 Å². The molecule has 2 aromatic heterocycles. The predicted octanol–water partition coefficient (Wildman–Crippen LogP) is 6.19. The van der Waals surface area contributed by atoms with E-state index in [1.165, 1.54) is 12.1 Å². The summed E-state index contributed by atoms with van der Waals surface area (Å²) in [7, 11) is 0. The number of nitrogens with one attached hydrogen (secondary N) is 2. The number of aromatic nitrogens is 2. The topological polar surface area (TPSA) is 62.2 Å².